The lowest BCUT2D eigenvalue weighted by atomic mass is 9.75. The molecule has 0 aliphatic rings. The summed E-state index contributed by atoms with van der Waals surface area (Å²) in [5.74, 6) is 0.719. The van der Waals surface area contributed by atoms with Gasteiger partial charge in [-0.15, -0.1) is 0 Å². The average molecular weight is 354 g/mol. The summed E-state index contributed by atoms with van der Waals surface area (Å²) in [5, 5.41) is 3.71. The molecule has 0 radical (unpaired) electrons. The highest BCUT2D eigenvalue weighted by Crippen LogP contribution is 2.33. The minimum absolute atomic E-state index is 0.395. The SMILES string of the molecule is CCCCC(CC)(CNCC(C)C)Cc1cccc(Br)c1. The van der Waals surface area contributed by atoms with E-state index in [4.69, 9.17) is 0 Å². The van der Waals surface area contributed by atoms with E-state index in [-0.39, 0.29) is 0 Å². The van der Waals surface area contributed by atoms with Crippen molar-refractivity contribution in [2.24, 2.45) is 11.3 Å². The molecule has 0 aliphatic heterocycles. The summed E-state index contributed by atoms with van der Waals surface area (Å²) in [6, 6.07) is 8.81. The molecule has 21 heavy (non-hydrogen) atoms. The highest BCUT2D eigenvalue weighted by Gasteiger charge is 2.27. The van der Waals surface area contributed by atoms with Crippen LogP contribution in [-0.4, -0.2) is 13.1 Å². The zero-order valence-electron chi connectivity index (χ0n) is 14.2. The zero-order valence-corrected chi connectivity index (χ0v) is 15.8. The van der Waals surface area contributed by atoms with Crippen LogP contribution in [0.3, 0.4) is 0 Å². The molecule has 2 heteroatoms. The van der Waals surface area contributed by atoms with Crippen LogP contribution in [0, 0.1) is 11.3 Å². The number of nitrogens with one attached hydrogen (secondary N) is 1. The first-order valence-corrected chi connectivity index (χ1v) is 9.26. The predicted octanol–water partition coefficient (Wildman–Crippen LogP) is 5.82. The Hall–Kier alpha value is -0.340. The molecule has 0 heterocycles. The second kappa shape index (κ2) is 9.63. The number of rotatable bonds is 10. The van der Waals surface area contributed by atoms with E-state index in [1.54, 1.807) is 0 Å². The Labute approximate surface area is 140 Å². The van der Waals surface area contributed by atoms with E-state index in [9.17, 15) is 0 Å². The van der Waals surface area contributed by atoms with Gasteiger partial charge in [0.2, 0.25) is 0 Å². The van der Waals surface area contributed by atoms with E-state index in [2.05, 4.69) is 73.2 Å². The molecule has 1 aromatic carbocycles. The molecule has 120 valence electrons. The highest BCUT2D eigenvalue weighted by atomic mass is 79.9. The summed E-state index contributed by atoms with van der Waals surface area (Å²) in [4.78, 5) is 0. The van der Waals surface area contributed by atoms with Gasteiger partial charge in [-0.1, -0.05) is 68.6 Å². The highest BCUT2D eigenvalue weighted by molar-refractivity contribution is 9.10. The molecule has 1 N–H and O–H groups in total. The molecule has 1 unspecified atom stereocenters. The second-order valence-electron chi connectivity index (χ2n) is 6.79. The molecule has 1 aromatic rings. The van der Waals surface area contributed by atoms with E-state index in [1.165, 1.54) is 42.1 Å². The summed E-state index contributed by atoms with van der Waals surface area (Å²) in [6.45, 7) is 11.5. The summed E-state index contributed by atoms with van der Waals surface area (Å²) in [7, 11) is 0. The van der Waals surface area contributed by atoms with Gasteiger partial charge in [0.1, 0.15) is 0 Å². The molecule has 1 nitrogen and oxygen atoms in total. The Balaban J connectivity index is 2.78. The van der Waals surface area contributed by atoms with E-state index in [0.29, 0.717) is 5.41 Å². The van der Waals surface area contributed by atoms with Gasteiger partial charge < -0.3 is 5.32 Å². The van der Waals surface area contributed by atoms with Gasteiger partial charge in [0, 0.05) is 11.0 Å². The molecular formula is C19H32BrN. The molecule has 0 aromatic heterocycles. The Morgan fingerprint density at radius 2 is 2.00 bits per heavy atom. The third-order valence-electron chi connectivity index (χ3n) is 4.33. The number of hydrogen-bond acceptors (Lipinski definition) is 1. The van der Waals surface area contributed by atoms with Crippen molar-refractivity contribution in [3.05, 3.63) is 34.3 Å². The lowest BCUT2D eigenvalue weighted by Gasteiger charge is -2.34. The second-order valence-corrected chi connectivity index (χ2v) is 7.70. The minimum atomic E-state index is 0.395. The molecule has 1 rings (SSSR count). The van der Waals surface area contributed by atoms with Crippen molar-refractivity contribution in [3.63, 3.8) is 0 Å². The fourth-order valence-corrected chi connectivity index (χ4v) is 3.37. The summed E-state index contributed by atoms with van der Waals surface area (Å²) < 4.78 is 1.19. The summed E-state index contributed by atoms with van der Waals surface area (Å²) in [5.41, 5.74) is 1.85. The van der Waals surface area contributed by atoms with E-state index in [1.807, 2.05) is 0 Å². The molecule has 0 fully saturated rings. The molecular weight excluding hydrogens is 322 g/mol. The maximum absolute atomic E-state index is 3.71. The van der Waals surface area contributed by atoms with Crippen molar-refractivity contribution in [1.29, 1.82) is 0 Å². The van der Waals surface area contributed by atoms with Gasteiger partial charge in [0.25, 0.3) is 0 Å². The maximum atomic E-state index is 3.71. The smallest absolute Gasteiger partial charge is 0.0177 e. The van der Waals surface area contributed by atoms with Gasteiger partial charge in [-0.3, -0.25) is 0 Å². The minimum Gasteiger partial charge on any atom is -0.316 e. The van der Waals surface area contributed by atoms with Gasteiger partial charge >= 0.3 is 0 Å². The number of unbranched alkanes of at least 4 members (excludes halogenated alkanes) is 1. The fourth-order valence-electron chi connectivity index (χ4n) is 2.92. The van der Waals surface area contributed by atoms with Gasteiger partial charge in [-0.2, -0.15) is 0 Å². The Bertz CT molecular complexity index is 402. The van der Waals surface area contributed by atoms with Crippen LogP contribution in [0.4, 0.5) is 0 Å². The van der Waals surface area contributed by atoms with Gasteiger partial charge in [-0.25, -0.2) is 0 Å². The normalized spacial score (nSPS) is 14.4. The Kier molecular flexibility index (Phi) is 8.58. The fraction of sp³-hybridized carbons (Fsp3) is 0.684. The average Bonchev–Trinajstić information content (AvgIpc) is 2.44. The topological polar surface area (TPSA) is 12.0 Å². The summed E-state index contributed by atoms with van der Waals surface area (Å²) >= 11 is 3.60. The maximum Gasteiger partial charge on any atom is 0.0177 e. The molecule has 0 saturated heterocycles. The lowest BCUT2D eigenvalue weighted by Crippen LogP contribution is -2.37. The van der Waals surface area contributed by atoms with Crippen molar-refractivity contribution < 1.29 is 0 Å². The van der Waals surface area contributed by atoms with Gasteiger partial charge in [0.05, 0.1) is 0 Å². The first-order valence-electron chi connectivity index (χ1n) is 8.46. The molecule has 0 saturated carbocycles. The van der Waals surface area contributed by atoms with Crippen molar-refractivity contribution in [3.8, 4) is 0 Å². The standard InChI is InChI=1S/C19H32BrN/c1-5-7-11-19(6-2,15-21-14-16(3)4)13-17-9-8-10-18(20)12-17/h8-10,12,16,21H,5-7,11,13-15H2,1-4H3. The molecule has 0 spiro atoms. The van der Waals surface area contributed by atoms with E-state index in [0.717, 1.165) is 19.0 Å². The number of benzene rings is 1. The number of hydrogen-bond donors (Lipinski definition) is 1. The van der Waals surface area contributed by atoms with Crippen LogP contribution in [-0.2, 0) is 6.42 Å². The van der Waals surface area contributed by atoms with Crippen molar-refractivity contribution in [2.45, 2.75) is 59.8 Å². The van der Waals surface area contributed by atoms with Gasteiger partial charge in [0.15, 0.2) is 0 Å². The van der Waals surface area contributed by atoms with Gasteiger partial charge in [-0.05, 0) is 54.8 Å². The van der Waals surface area contributed by atoms with E-state index < -0.39 is 0 Å². The largest absolute Gasteiger partial charge is 0.316 e. The van der Waals surface area contributed by atoms with Crippen molar-refractivity contribution in [2.75, 3.05) is 13.1 Å². The molecule has 0 bridgehead atoms. The molecule has 0 aliphatic carbocycles. The van der Waals surface area contributed by atoms with Crippen LogP contribution < -0.4 is 5.32 Å². The molecule has 0 amide bonds. The number of halogens is 1. The Morgan fingerprint density at radius 1 is 1.24 bits per heavy atom. The van der Waals surface area contributed by atoms with Crippen LogP contribution in [0.5, 0.6) is 0 Å². The van der Waals surface area contributed by atoms with Crippen LogP contribution >= 0.6 is 15.9 Å². The first-order chi connectivity index (χ1) is 10.0. The summed E-state index contributed by atoms with van der Waals surface area (Å²) in [6.07, 6.45) is 6.34. The predicted molar refractivity (Wildman–Crippen MR) is 97.8 cm³/mol. The quantitative estimate of drug-likeness (QED) is 0.558. The van der Waals surface area contributed by atoms with Crippen molar-refractivity contribution >= 4 is 15.9 Å². The van der Waals surface area contributed by atoms with Crippen LogP contribution in [0.15, 0.2) is 28.7 Å². The lowest BCUT2D eigenvalue weighted by molar-refractivity contribution is 0.226. The van der Waals surface area contributed by atoms with E-state index >= 15 is 0 Å². The van der Waals surface area contributed by atoms with Crippen LogP contribution in [0.1, 0.15) is 58.9 Å². The monoisotopic (exact) mass is 353 g/mol. The Morgan fingerprint density at radius 3 is 2.57 bits per heavy atom. The van der Waals surface area contributed by atoms with Crippen LogP contribution in [0.2, 0.25) is 0 Å². The van der Waals surface area contributed by atoms with Crippen LogP contribution in [0.25, 0.3) is 0 Å². The third kappa shape index (κ3) is 6.97. The van der Waals surface area contributed by atoms with Crippen molar-refractivity contribution in [1.82, 2.24) is 5.32 Å². The zero-order chi connectivity index (χ0) is 15.7. The molecule has 1 atom stereocenters. The third-order valence-corrected chi connectivity index (χ3v) is 4.82. The first kappa shape index (κ1) is 18.7.